The van der Waals surface area contributed by atoms with Crippen molar-refractivity contribution in [1.29, 1.82) is 0 Å². The first-order chi connectivity index (χ1) is 23.8. The Balaban J connectivity index is 1.50. The quantitative estimate of drug-likeness (QED) is 0.102. The topological polar surface area (TPSA) is 66.6 Å². The number of hydrogen-bond donors (Lipinski definition) is 2. The number of imidazole rings is 2. The molecule has 0 aliphatic carbocycles. The largest absolute Gasteiger partial charge is 0.367 e. The van der Waals surface area contributed by atoms with Crippen LogP contribution < -0.4 is 0 Å². The maximum Gasteiger partial charge on any atom is 0.123 e. The molecule has 0 saturated heterocycles. The van der Waals surface area contributed by atoms with Crippen molar-refractivity contribution >= 4 is 0 Å². The summed E-state index contributed by atoms with van der Waals surface area (Å²) < 4.78 is 64.3. The molecule has 6 rings (SSSR count). The summed E-state index contributed by atoms with van der Waals surface area (Å²) >= 11 is 0. The molecule has 49 heavy (non-hydrogen) atoms. The lowest BCUT2D eigenvalue weighted by Crippen LogP contribution is -2.50. The Morgan fingerprint density at radius 1 is 0.449 bits per heavy atom. The van der Waals surface area contributed by atoms with Gasteiger partial charge in [-0.2, -0.15) is 0 Å². The highest BCUT2D eigenvalue weighted by Gasteiger charge is 2.43. The first kappa shape index (κ1) is 33.9. The van der Waals surface area contributed by atoms with Gasteiger partial charge in [-0.1, -0.05) is 48.5 Å². The van der Waals surface area contributed by atoms with Crippen molar-refractivity contribution in [3.05, 3.63) is 179 Å². The van der Waals surface area contributed by atoms with Crippen LogP contribution >= 0.6 is 0 Å². The number of H-pyrrole nitrogens is 2. The molecule has 2 heterocycles. The third-order valence-corrected chi connectivity index (χ3v) is 9.00. The van der Waals surface area contributed by atoms with Gasteiger partial charge >= 0.3 is 0 Å². The van der Waals surface area contributed by atoms with Crippen molar-refractivity contribution in [2.24, 2.45) is 0 Å². The Kier molecular flexibility index (Phi) is 10.7. The molecular formula is C40H38F4N4O. The number of nitrogens with one attached hydrogen (secondary N) is 2. The van der Waals surface area contributed by atoms with Crippen molar-refractivity contribution in [3.63, 3.8) is 0 Å². The van der Waals surface area contributed by atoms with Crippen LogP contribution in [0.4, 0.5) is 17.6 Å². The van der Waals surface area contributed by atoms with Crippen LogP contribution in [0, 0.1) is 23.3 Å². The van der Waals surface area contributed by atoms with Gasteiger partial charge in [0.1, 0.15) is 23.3 Å². The van der Waals surface area contributed by atoms with Crippen molar-refractivity contribution in [2.75, 3.05) is 0 Å². The molecule has 2 aromatic heterocycles. The Bertz CT molecular complexity index is 1620. The molecule has 2 N–H and O–H groups in total. The van der Waals surface area contributed by atoms with E-state index in [4.69, 9.17) is 4.74 Å². The minimum Gasteiger partial charge on any atom is -0.367 e. The van der Waals surface area contributed by atoms with Crippen molar-refractivity contribution in [3.8, 4) is 0 Å². The van der Waals surface area contributed by atoms with Crippen LogP contribution in [-0.4, -0.2) is 31.1 Å². The van der Waals surface area contributed by atoms with Gasteiger partial charge in [0.25, 0.3) is 0 Å². The summed E-state index contributed by atoms with van der Waals surface area (Å²) in [5.41, 5.74) is 3.53. The van der Waals surface area contributed by atoms with E-state index in [1.807, 2.05) is 0 Å². The zero-order valence-electron chi connectivity index (χ0n) is 27.0. The maximum absolute atomic E-state index is 14.1. The summed E-state index contributed by atoms with van der Waals surface area (Å²) in [5.74, 6) is -1.36. The normalized spacial score (nSPS) is 12.0. The molecule has 0 spiro atoms. The fourth-order valence-corrected chi connectivity index (χ4v) is 6.65. The van der Waals surface area contributed by atoms with Crippen LogP contribution in [0.3, 0.4) is 0 Å². The van der Waals surface area contributed by atoms with Gasteiger partial charge in [-0.15, -0.1) is 0 Å². The van der Waals surface area contributed by atoms with Gasteiger partial charge in [0.15, 0.2) is 0 Å². The monoisotopic (exact) mass is 666 g/mol. The molecule has 5 nitrogen and oxygen atoms in total. The molecule has 0 amide bonds. The molecule has 6 aromatic rings. The fourth-order valence-electron chi connectivity index (χ4n) is 6.65. The van der Waals surface area contributed by atoms with E-state index >= 15 is 0 Å². The number of halogens is 4. The fraction of sp³-hybridized carbons (Fsp3) is 0.250. The maximum atomic E-state index is 14.1. The van der Waals surface area contributed by atoms with E-state index in [-0.39, 0.29) is 23.3 Å². The van der Waals surface area contributed by atoms with Crippen molar-refractivity contribution in [1.82, 2.24) is 19.9 Å². The Morgan fingerprint density at radius 2 is 0.735 bits per heavy atom. The third-order valence-electron chi connectivity index (χ3n) is 9.00. The number of nitrogens with zero attached hydrogens (tertiary/aromatic N) is 2. The summed E-state index contributed by atoms with van der Waals surface area (Å²) in [4.78, 5) is 14.8. The average molecular weight is 667 g/mol. The first-order valence-electron chi connectivity index (χ1n) is 16.4. The van der Waals surface area contributed by atoms with E-state index in [1.54, 1.807) is 73.6 Å². The number of hydrogen-bond acceptors (Lipinski definition) is 3. The molecule has 9 heteroatoms. The predicted octanol–water partition coefficient (Wildman–Crippen LogP) is 8.72. The lowest BCUT2D eigenvalue weighted by Gasteiger charge is -2.46. The molecule has 0 radical (unpaired) electrons. The molecule has 0 aliphatic heterocycles. The van der Waals surface area contributed by atoms with Gasteiger partial charge in [-0.05, 0) is 96.5 Å². The van der Waals surface area contributed by atoms with Crippen LogP contribution in [0.15, 0.2) is 122 Å². The summed E-state index contributed by atoms with van der Waals surface area (Å²) in [6.07, 6.45) is 10.7. The first-order valence-corrected chi connectivity index (χ1v) is 16.4. The SMILES string of the molecule is Fc1ccc(CC(CCc2cnc[nH]2)(Cc2ccc(F)cc2)OC(CCc2cnc[nH]2)(Cc2ccc(F)cc2)Cc2ccc(F)cc2)cc1. The number of rotatable bonds is 16. The van der Waals surface area contributed by atoms with E-state index in [1.165, 1.54) is 48.5 Å². The standard InChI is InChI=1S/C40H38F4N4O/c41-33-9-1-29(2-10-33)21-39(19-17-37-25-45-27-47-37,22-30-3-11-34(42)12-4-30)49-40(20-18-38-26-46-28-48-38,23-31-5-13-35(43)14-6-31)24-32-7-15-36(44)16-8-32/h1-16,25-28H,17-24H2,(H,45,47)(H,46,48). The molecule has 0 atom stereocenters. The van der Waals surface area contributed by atoms with Gasteiger partial charge in [-0.3, -0.25) is 0 Å². The molecule has 4 aromatic carbocycles. The van der Waals surface area contributed by atoms with Gasteiger partial charge in [-0.25, -0.2) is 27.5 Å². The number of aromatic amines is 2. The number of benzene rings is 4. The summed E-state index contributed by atoms with van der Waals surface area (Å²) in [6.45, 7) is 0. The zero-order valence-corrected chi connectivity index (χ0v) is 27.0. The Morgan fingerprint density at radius 3 is 0.980 bits per heavy atom. The molecule has 0 unspecified atom stereocenters. The molecule has 0 bridgehead atoms. The summed E-state index contributed by atoms with van der Waals surface area (Å²) in [5, 5.41) is 0. The molecular weight excluding hydrogens is 628 g/mol. The van der Waals surface area contributed by atoms with Crippen molar-refractivity contribution in [2.45, 2.75) is 62.6 Å². The van der Waals surface area contributed by atoms with Gasteiger partial charge in [0.2, 0.25) is 0 Å². The van der Waals surface area contributed by atoms with Gasteiger partial charge in [0.05, 0.1) is 23.9 Å². The van der Waals surface area contributed by atoms with E-state index < -0.39 is 11.2 Å². The van der Waals surface area contributed by atoms with Crippen LogP contribution in [0.25, 0.3) is 0 Å². The number of aryl methyl sites for hydroxylation is 2. The highest BCUT2D eigenvalue weighted by Crippen LogP contribution is 2.39. The minimum atomic E-state index is -0.908. The second-order valence-electron chi connectivity index (χ2n) is 12.8. The van der Waals surface area contributed by atoms with Crippen molar-refractivity contribution < 1.29 is 22.3 Å². The smallest absolute Gasteiger partial charge is 0.123 e. The Hall–Kier alpha value is -5.02. The summed E-state index contributed by atoms with van der Waals surface area (Å²) in [6, 6.07) is 25.6. The lowest BCUT2D eigenvalue weighted by molar-refractivity contribution is -0.164. The van der Waals surface area contributed by atoms with E-state index in [0.29, 0.717) is 51.4 Å². The number of aromatic nitrogens is 4. The second kappa shape index (κ2) is 15.5. The second-order valence-corrected chi connectivity index (χ2v) is 12.8. The van der Waals surface area contributed by atoms with Gasteiger partial charge < -0.3 is 14.7 Å². The summed E-state index contributed by atoms with van der Waals surface area (Å²) in [7, 11) is 0. The number of ether oxygens (including phenoxy) is 1. The highest BCUT2D eigenvalue weighted by atomic mass is 19.1. The highest BCUT2D eigenvalue weighted by molar-refractivity contribution is 5.27. The predicted molar refractivity (Wildman–Crippen MR) is 181 cm³/mol. The third kappa shape index (κ3) is 9.54. The van der Waals surface area contributed by atoms with Crippen LogP contribution in [0.5, 0.6) is 0 Å². The van der Waals surface area contributed by atoms with E-state index in [9.17, 15) is 17.6 Å². The molecule has 0 aliphatic rings. The lowest BCUT2D eigenvalue weighted by atomic mass is 9.79. The van der Waals surface area contributed by atoms with Crippen LogP contribution in [0.1, 0.15) is 46.5 Å². The van der Waals surface area contributed by atoms with Gasteiger partial charge in [0, 0.05) is 49.5 Å². The molecule has 252 valence electrons. The van der Waals surface area contributed by atoms with Crippen LogP contribution in [0.2, 0.25) is 0 Å². The zero-order chi connectivity index (χ0) is 34.1. The van der Waals surface area contributed by atoms with E-state index in [0.717, 1.165) is 33.6 Å². The average Bonchev–Trinajstić information content (AvgIpc) is 3.83. The molecule has 0 saturated carbocycles. The van der Waals surface area contributed by atoms with Crippen LogP contribution in [-0.2, 0) is 43.3 Å². The minimum absolute atomic E-state index is 0.340. The molecule has 0 fully saturated rings. The Labute approximate surface area is 283 Å². The van der Waals surface area contributed by atoms with E-state index in [2.05, 4.69) is 19.9 Å².